The fourth-order valence-electron chi connectivity index (χ4n) is 2.74. The number of rotatable bonds is 7. The molecule has 0 fully saturated rings. The summed E-state index contributed by atoms with van der Waals surface area (Å²) in [6.45, 7) is 0.285. The first-order valence-electron chi connectivity index (χ1n) is 8.88. The van der Waals surface area contributed by atoms with Crippen LogP contribution in [-0.2, 0) is 11.3 Å². The number of carbonyl (C=O) groups excluding carboxylic acids is 1. The molecule has 150 valence electrons. The third-order valence-corrected chi connectivity index (χ3v) is 4.23. The molecule has 1 aromatic heterocycles. The molecule has 0 saturated heterocycles. The Labute approximate surface area is 172 Å². The van der Waals surface area contributed by atoms with Crippen LogP contribution in [0.1, 0.15) is 11.3 Å². The van der Waals surface area contributed by atoms with Crippen molar-refractivity contribution < 1.29 is 18.9 Å². The number of carbonyl (C=O) groups is 1. The van der Waals surface area contributed by atoms with Crippen molar-refractivity contribution in [2.75, 3.05) is 7.11 Å². The van der Waals surface area contributed by atoms with E-state index in [1.165, 1.54) is 31.4 Å². The minimum atomic E-state index is -0.535. The van der Waals surface area contributed by atoms with Crippen LogP contribution in [0.2, 0.25) is 0 Å². The molecule has 8 heteroatoms. The number of nitriles is 1. The number of benzene rings is 2. The van der Waals surface area contributed by atoms with Crippen molar-refractivity contribution >= 4 is 17.7 Å². The number of methoxy groups -OCH3 is 1. The lowest BCUT2D eigenvalue weighted by Gasteiger charge is -2.06. The summed E-state index contributed by atoms with van der Waals surface area (Å²) in [6.07, 6.45) is 1.31. The summed E-state index contributed by atoms with van der Waals surface area (Å²) in [7, 11) is 1.44. The van der Waals surface area contributed by atoms with Gasteiger partial charge in [-0.1, -0.05) is 30.3 Å². The Balaban J connectivity index is 1.81. The summed E-state index contributed by atoms with van der Waals surface area (Å²) in [5.41, 5.74) is 1.05. The number of furan rings is 1. The van der Waals surface area contributed by atoms with Gasteiger partial charge in [0, 0.05) is 24.8 Å². The molecule has 8 nitrogen and oxygen atoms in total. The van der Waals surface area contributed by atoms with Crippen LogP contribution in [0.4, 0.5) is 5.69 Å². The normalized spacial score (nSPS) is 10.9. The molecular formula is C22H17N3O5. The van der Waals surface area contributed by atoms with E-state index in [0.29, 0.717) is 17.1 Å². The van der Waals surface area contributed by atoms with E-state index in [0.717, 1.165) is 5.56 Å². The van der Waals surface area contributed by atoms with Gasteiger partial charge in [-0.25, -0.2) is 0 Å². The van der Waals surface area contributed by atoms with Gasteiger partial charge in [-0.05, 0) is 23.8 Å². The Morgan fingerprint density at radius 1 is 1.23 bits per heavy atom. The van der Waals surface area contributed by atoms with Gasteiger partial charge in [-0.2, -0.15) is 5.26 Å². The zero-order valence-electron chi connectivity index (χ0n) is 16.0. The predicted molar refractivity (Wildman–Crippen MR) is 109 cm³/mol. The highest BCUT2D eigenvalue weighted by atomic mass is 16.6. The number of hydrogen-bond acceptors (Lipinski definition) is 6. The predicted octanol–water partition coefficient (Wildman–Crippen LogP) is 4.09. The Morgan fingerprint density at radius 3 is 2.67 bits per heavy atom. The molecule has 3 aromatic rings. The van der Waals surface area contributed by atoms with Crippen molar-refractivity contribution in [3.8, 4) is 23.1 Å². The van der Waals surface area contributed by atoms with Crippen molar-refractivity contribution in [1.82, 2.24) is 5.32 Å². The molecule has 0 aliphatic heterocycles. The van der Waals surface area contributed by atoms with Crippen LogP contribution in [0.5, 0.6) is 5.75 Å². The SMILES string of the molecule is COc1ccc([N+](=O)[O-])cc1-c1ccc(/C=C(/C#N)C(=O)NCc2ccccc2)o1. The molecule has 0 unspecified atom stereocenters. The van der Waals surface area contributed by atoms with E-state index in [-0.39, 0.29) is 23.6 Å². The van der Waals surface area contributed by atoms with E-state index in [1.54, 1.807) is 12.1 Å². The lowest BCUT2D eigenvalue weighted by atomic mass is 10.1. The summed E-state index contributed by atoms with van der Waals surface area (Å²) in [5.74, 6) is 0.424. The van der Waals surface area contributed by atoms with Gasteiger partial charge in [0.25, 0.3) is 11.6 Å². The molecule has 0 atom stereocenters. The average Bonchev–Trinajstić information content (AvgIpc) is 3.24. The van der Waals surface area contributed by atoms with Gasteiger partial charge in [-0.15, -0.1) is 0 Å². The number of nitro benzene ring substituents is 1. The van der Waals surface area contributed by atoms with Crippen molar-refractivity contribution in [1.29, 1.82) is 5.26 Å². The summed E-state index contributed by atoms with van der Waals surface area (Å²) in [5, 5.41) is 23.1. The van der Waals surface area contributed by atoms with Crippen LogP contribution < -0.4 is 10.1 Å². The second-order valence-electron chi connectivity index (χ2n) is 6.18. The molecule has 0 spiro atoms. The van der Waals surface area contributed by atoms with E-state index >= 15 is 0 Å². The maximum atomic E-state index is 12.3. The van der Waals surface area contributed by atoms with Gasteiger partial charge in [0.2, 0.25) is 0 Å². The van der Waals surface area contributed by atoms with Crippen molar-refractivity contribution in [3.05, 3.63) is 87.7 Å². The Bertz CT molecular complexity index is 1140. The first kappa shape index (κ1) is 20.4. The molecule has 0 aliphatic carbocycles. The molecule has 3 rings (SSSR count). The molecule has 0 aliphatic rings. The molecule has 0 radical (unpaired) electrons. The molecular weight excluding hydrogens is 386 g/mol. The van der Waals surface area contributed by atoms with Gasteiger partial charge in [0.05, 0.1) is 17.6 Å². The summed E-state index contributed by atoms with van der Waals surface area (Å²) >= 11 is 0. The van der Waals surface area contributed by atoms with Crippen LogP contribution in [-0.4, -0.2) is 17.9 Å². The Morgan fingerprint density at radius 2 is 2.00 bits per heavy atom. The molecule has 2 aromatic carbocycles. The summed E-state index contributed by atoms with van der Waals surface area (Å²) in [6, 6.07) is 18.5. The zero-order chi connectivity index (χ0) is 21.5. The van der Waals surface area contributed by atoms with Gasteiger partial charge in [0.15, 0.2) is 0 Å². The highest BCUT2D eigenvalue weighted by Gasteiger charge is 2.16. The van der Waals surface area contributed by atoms with Crippen LogP contribution in [0.15, 0.2) is 70.7 Å². The lowest BCUT2D eigenvalue weighted by molar-refractivity contribution is -0.384. The molecule has 0 saturated carbocycles. The Kier molecular flexibility index (Phi) is 6.25. The maximum Gasteiger partial charge on any atom is 0.270 e. The van der Waals surface area contributed by atoms with Gasteiger partial charge in [-0.3, -0.25) is 14.9 Å². The van der Waals surface area contributed by atoms with Crippen molar-refractivity contribution in [2.24, 2.45) is 0 Å². The number of nitrogens with one attached hydrogen (secondary N) is 1. The molecule has 30 heavy (non-hydrogen) atoms. The zero-order valence-corrected chi connectivity index (χ0v) is 16.0. The number of hydrogen-bond donors (Lipinski definition) is 1. The van der Waals surface area contributed by atoms with E-state index < -0.39 is 10.8 Å². The third-order valence-electron chi connectivity index (χ3n) is 4.23. The fourth-order valence-corrected chi connectivity index (χ4v) is 2.74. The van der Waals surface area contributed by atoms with Crippen LogP contribution >= 0.6 is 0 Å². The summed E-state index contributed by atoms with van der Waals surface area (Å²) < 4.78 is 10.9. The van der Waals surface area contributed by atoms with Gasteiger partial charge >= 0.3 is 0 Å². The highest BCUT2D eigenvalue weighted by Crippen LogP contribution is 2.34. The molecule has 1 heterocycles. The van der Waals surface area contributed by atoms with Crippen molar-refractivity contribution in [2.45, 2.75) is 6.54 Å². The van der Waals surface area contributed by atoms with Crippen LogP contribution in [0.25, 0.3) is 17.4 Å². The molecule has 0 bridgehead atoms. The first-order chi connectivity index (χ1) is 14.5. The lowest BCUT2D eigenvalue weighted by Crippen LogP contribution is -2.23. The quantitative estimate of drug-likeness (QED) is 0.275. The van der Waals surface area contributed by atoms with Gasteiger partial charge in [0.1, 0.15) is 28.9 Å². The van der Waals surface area contributed by atoms with Crippen LogP contribution in [0.3, 0.4) is 0 Å². The third kappa shape index (κ3) is 4.72. The Hall–Kier alpha value is -4.38. The number of nitro groups is 1. The number of non-ortho nitro benzene ring substituents is 1. The first-order valence-corrected chi connectivity index (χ1v) is 8.88. The van der Waals surface area contributed by atoms with Gasteiger partial charge < -0.3 is 14.5 Å². The van der Waals surface area contributed by atoms with E-state index in [9.17, 15) is 20.2 Å². The highest BCUT2D eigenvalue weighted by molar-refractivity contribution is 6.01. The van der Waals surface area contributed by atoms with E-state index in [2.05, 4.69) is 5.32 Å². The van der Waals surface area contributed by atoms with E-state index in [4.69, 9.17) is 9.15 Å². The minimum absolute atomic E-state index is 0.114. The topological polar surface area (TPSA) is 118 Å². The monoisotopic (exact) mass is 403 g/mol. The van der Waals surface area contributed by atoms with Crippen LogP contribution in [0, 0.1) is 21.4 Å². The smallest absolute Gasteiger partial charge is 0.270 e. The molecule has 1 amide bonds. The average molecular weight is 403 g/mol. The number of ether oxygens (including phenoxy) is 1. The largest absolute Gasteiger partial charge is 0.496 e. The molecule has 1 N–H and O–H groups in total. The summed E-state index contributed by atoms with van der Waals surface area (Å²) in [4.78, 5) is 22.9. The second kappa shape index (κ2) is 9.21. The number of nitrogens with zero attached hydrogens (tertiary/aromatic N) is 2. The van der Waals surface area contributed by atoms with Crippen molar-refractivity contribution in [3.63, 3.8) is 0 Å². The fraction of sp³-hybridized carbons (Fsp3) is 0.0909. The minimum Gasteiger partial charge on any atom is -0.496 e. The standard InChI is InChI=1S/C22H17N3O5/c1-29-20-9-7-17(25(27)28)12-19(20)21-10-8-18(30-21)11-16(13-23)22(26)24-14-15-5-3-2-4-6-15/h2-12H,14H2,1H3,(H,24,26)/b16-11-. The second-order valence-corrected chi connectivity index (χ2v) is 6.18. The maximum absolute atomic E-state index is 12.3. The number of amides is 1. The van der Waals surface area contributed by atoms with E-state index in [1.807, 2.05) is 36.4 Å².